The monoisotopic (exact) mass is 801 g/mol. The standard InChI is InChI=1S/C54H54F3N3/c1-50(2,3)34-16-20-44-39(27-34)40-28-35(51(4,5)6)17-21-45(40)59(44)48-25-33(32-14-13-15-38(24-32)54(55,56)57)26-49(43(48)31-58)60-46-22-18-36(52(7,8)9)29-41(46)42-30-37(53(10,11)12)19-23-47(42)60/h13-30H,1-12H3. The summed E-state index contributed by atoms with van der Waals surface area (Å²) < 4.78 is 47.2. The molecule has 0 N–H and O–H groups in total. The zero-order valence-corrected chi connectivity index (χ0v) is 36.9. The minimum atomic E-state index is -4.53. The van der Waals surface area contributed by atoms with Crippen molar-refractivity contribution in [1.29, 1.82) is 5.26 Å². The van der Waals surface area contributed by atoms with Gasteiger partial charge in [-0.05, 0) is 128 Å². The maximum absolute atomic E-state index is 14.3. The summed E-state index contributed by atoms with van der Waals surface area (Å²) in [5.41, 5.74) is 9.81. The Morgan fingerprint density at radius 3 is 1.02 bits per heavy atom. The van der Waals surface area contributed by atoms with Crippen molar-refractivity contribution in [2.45, 2.75) is 111 Å². The van der Waals surface area contributed by atoms with Crippen LogP contribution in [0.2, 0.25) is 0 Å². The van der Waals surface area contributed by atoms with Crippen LogP contribution in [-0.2, 0) is 27.8 Å². The lowest BCUT2D eigenvalue weighted by Gasteiger charge is -2.21. The fourth-order valence-electron chi connectivity index (χ4n) is 8.55. The second kappa shape index (κ2) is 13.6. The van der Waals surface area contributed by atoms with Crippen LogP contribution in [0.4, 0.5) is 13.2 Å². The lowest BCUT2D eigenvalue weighted by atomic mass is 9.85. The number of nitriles is 1. The van der Waals surface area contributed by atoms with Crippen LogP contribution < -0.4 is 0 Å². The zero-order chi connectivity index (χ0) is 43.5. The van der Waals surface area contributed by atoms with Crippen molar-refractivity contribution in [2.75, 3.05) is 0 Å². The number of hydrogen-bond acceptors (Lipinski definition) is 1. The Morgan fingerprint density at radius 1 is 0.400 bits per heavy atom. The number of rotatable bonds is 3. The number of halogens is 3. The largest absolute Gasteiger partial charge is 0.416 e. The van der Waals surface area contributed by atoms with E-state index in [1.807, 2.05) is 12.1 Å². The van der Waals surface area contributed by atoms with Gasteiger partial charge in [-0.15, -0.1) is 0 Å². The van der Waals surface area contributed by atoms with Crippen LogP contribution in [-0.4, -0.2) is 9.13 Å². The molecule has 0 aliphatic rings. The molecule has 6 heteroatoms. The third kappa shape index (κ3) is 6.96. The van der Waals surface area contributed by atoms with Gasteiger partial charge in [0, 0.05) is 21.5 Å². The van der Waals surface area contributed by atoms with Crippen LogP contribution in [0, 0.1) is 11.3 Å². The second-order valence-corrected chi connectivity index (χ2v) is 20.7. The Morgan fingerprint density at radius 2 is 0.733 bits per heavy atom. The van der Waals surface area contributed by atoms with Gasteiger partial charge in [-0.3, -0.25) is 0 Å². The molecule has 0 bridgehead atoms. The summed E-state index contributed by atoms with van der Waals surface area (Å²) >= 11 is 0. The van der Waals surface area contributed by atoms with Crippen molar-refractivity contribution in [2.24, 2.45) is 0 Å². The fraction of sp³-hybridized carbons (Fsp3) is 0.315. The van der Waals surface area contributed by atoms with E-state index in [1.54, 1.807) is 6.07 Å². The van der Waals surface area contributed by atoms with E-state index in [-0.39, 0.29) is 21.7 Å². The predicted octanol–water partition coefficient (Wildman–Crippen LogP) is 15.6. The summed E-state index contributed by atoms with van der Waals surface area (Å²) in [6.07, 6.45) is -4.53. The molecular weight excluding hydrogens is 748 g/mol. The Kier molecular flexibility index (Phi) is 9.29. The molecule has 8 rings (SSSR count). The van der Waals surface area contributed by atoms with Gasteiger partial charge >= 0.3 is 6.18 Å². The number of aromatic nitrogens is 2. The average Bonchev–Trinajstić information content (AvgIpc) is 3.67. The molecule has 2 aromatic heterocycles. The van der Waals surface area contributed by atoms with Gasteiger partial charge in [0.2, 0.25) is 0 Å². The van der Waals surface area contributed by atoms with E-state index in [0.29, 0.717) is 28.1 Å². The molecule has 0 saturated heterocycles. The highest BCUT2D eigenvalue weighted by molar-refractivity contribution is 6.12. The molecule has 0 amide bonds. The van der Waals surface area contributed by atoms with Crippen LogP contribution in [0.5, 0.6) is 0 Å². The SMILES string of the molecule is CC(C)(C)c1ccc2c(c1)c1cc(C(C)(C)C)ccc1n2-c1cc(-c2cccc(C(F)(F)F)c2)cc(-n2c3ccc(C(C)(C)C)cc3c3cc(C(C)(C)C)ccc32)c1C#N. The highest BCUT2D eigenvalue weighted by Gasteiger charge is 2.31. The van der Waals surface area contributed by atoms with Gasteiger partial charge in [0.1, 0.15) is 11.6 Å². The smallest absolute Gasteiger partial charge is 0.308 e. The van der Waals surface area contributed by atoms with Gasteiger partial charge in [0.15, 0.2) is 0 Å². The molecule has 2 heterocycles. The molecule has 0 unspecified atom stereocenters. The van der Waals surface area contributed by atoms with Crippen LogP contribution in [0.1, 0.15) is 116 Å². The van der Waals surface area contributed by atoms with Crippen molar-refractivity contribution >= 4 is 43.6 Å². The molecule has 6 aromatic carbocycles. The van der Waals surface area contributed by atoms with Gasteiger partial charge in [-0.2, -0.15) is 18.4 Å². The summed E-state index contributed by atoms with van der Waals surface area (Å²) in [6, 6.07) is 38.1. The van der Waals surface area contributed by atoms with Crippen LogP contribution in [0.3, 0.4) is 0 Å². The Hall–Kier alpha value is -5.80. The predicted molar refractivity (Wildman–Crippen MR) is 245 cm³/mol. The molecule has 0 aliphatic carbocycles. The summed E-state index contributed by atoms with van der Waals surface area (Å²) in [7, 11) is 0. The molecule has 0 aliphatic heterocycles. The normalized spacial score (nSPS) is 13.2. The van der Waals surface area contributed by atoms with E-state index in [0.717, 1.165) is 49.7 Å². The van der Waals surface area contributed by atoms with Crippen LogP contribution in [0.15, 0.2) is 109 Å². The summed E-state index contributed by atoms with van der Waals surface area (Å²) in [6.45, 7) is 26.4. The number of nitrogens with zero attached hydrogens (tertiary/aromatic N) is 3. The van der Waals surface area contributed by atoms with E-state index < -0.39 is 11.7 Å². The second-order valence-electron chi connectivity index (χ2n) is 20.7. The summed E-state index contributed by atoms with van der Waals surface area (Å²) in [5, 5.41) is 15.7. The number of hydrogen-bond donors (Lipinski definition) is 0. The zero-order valence-electron chi connectivity index (χ0n) is 36.9. The number of fused-ring (bicyclic) bond motifs is 6. The first-order valence-corrected chi connectivity index (χ1v) is 20.8. The van der Waals surface area contributed by atoms with Gasteiger partial charge < -0.3 is 9.13 Å². The first kappa shape index (κ1) is 41.0. The van der Waals surface area contributed by atoms with Gasteiger partial charge in [0.05, 0.1) is 39.0 Å². The van der Waals surface area contributed by atoms with E-state index in [2.05, 4.69) is 171 Å². The molecule has 0 spiro atoms. The quantitative estimate of drug-likeness (QED) is 0.175. The molecule has 0 atom stereocenters. The van der Waals surface area contributed by atoms with E-state index in [9.17, 15) is 18.4 Å². The van der Waals surface area contributed by atoms with Gasteiger partial charge in [-0.1, -0.05) is 119 Å². The molecular formula is C54H54F3N3. The van der Waals surface area contributed by atoms with Crippen molar-refractivity contribution in [1.82, 2.24) is 9.13 Å². The summed E-state index contributed by atoms with van der Waals surface area (Å²) in [4.78, 5) is 0. The third-order valence-corrected chi connectivity index (χ3v) is 12.2. The lowest BCUT2D eigenvalue weighted by Crippen LogP contribution is -2.11. The van der Waals surface area contributed by atoms with Gasteiger partial charge in [-0.25, -0.2) is 0 Å². The molecule has 60 heavy (non-hydrogen) atoms. The maximum Gasteiger partial charge on any atom is 0.416 e. The Balaban J connectivity index is 1.56. The lowest BCUT2D eigenvalue weighted by molar-refractivity contribution is -0.137. The Labute approximate surface area is 352 Å². The van der Waals surface area contributed by atoms with Crippen LogP contribution in [0.25, 0.3) is 66.1 Å². The minimum absolute atomic E-state index is 0.116. The van der Waals surface area contributed by atoms with Gasteiger partial charge in [0.25, 0.3) is 0 Å². The fourth-order valence-corrected chi connectivity index (χ4v) is 8.55. The molecule has 0 fully saturated rings. The highest BCUT2D eigenvalue weighted by Crippen LogP contribution is 2.44. The molecule has 8 aromatic rings. The molecule has 0 radical (unpaired) electrons. The van der Waals surface area contributed by atoms with Crippen molar-refractivity contribution in [3.63, 3.8) is 0 Å². The average molecular weight is 802 g/mol. The minimum Gasteiger partial charge on any atom is -0.308 e. The molecule has 3 nitrogen and oxygen atoms in total. The summed E-state index contributed by atoms with van der Waals surface area (Å²) in [5.74, 6) is 0. The molecule has 306 valence electrons. The van der Waals surface area contributed by atoms with Crippen LogP contribution >= 0.6 is 0 Å². The first-order chi connectivity index (χ1) is 27.9. The first-order valence-electron chi connectivity index (χ1n) is 20.8. The Bertz CT molecular complexity index is 2750. The third-order valence-electron chi connectivity index (χ3n) is 12.2. The molecule has 0 saturated carbocycles. The van der Waals surface area contributed by atoms with Crippen molar-refractivity contribution < 1.29 is 13.2 Å². The van der Waals surface area contributed by atoms with Crippen molar-refractivity contribution in [3.05, 3.63) is 143 Å². The van der Waals surface area contributed by atoms with E-state index in [4.69, 9.17) is 0 Å². The number of alkyl halides is 3. The van der Waals surface area contributed by atoms with Crippen molar-refractivity contribution in [3.8, 4) is 28.6 Å². The van der Waals surface area contributed by atoms with E-state index >= 15 is 0 Å². The maximum atomic E-state index is 14.3. The van der Waals surface area contributed by atoms with E-state index in [1.165, 1.54) is 34.4 Å². The highest BCUT2D eigenvalue weighted by atomic mass is 19.4. The number of benzene rings is 6. The topological polar surface area (TPSA) is 33.6 Å².